The Bertz CT molecular complexity index is 417. The summed E-state index contributed by atoms with van der Waals surface area (Å²) in [6.07, 6.45) is 3.27. The van der Waals surface area contributed by atoms with Crippen LogP contribution in [0.3, 0.4) is 0 Å². The number of aliphatic hydroxyl groups excluding tert-OH is 1. The van der Waals surface area contributed by atoms with E-state index in [1.807, 2.05) is 12.1 Å². The maximum Gasteiger partial charge on any atom is 0.118 e. The monoisotopic (exact) mass is 261 g/mol. The van der Waals surface area contributed by atoms with Gasteiger partial charge in [-0.15, -0.1) is 0 Å². The topological polar surface area (TPSA) is 32.7 Å². The quantitative estimate of drug-likeness (QED) is 0.899. The number of hydrogen-bond acceptors (Lipinski definition) is 3. The molecule has 3 nitrogen and oxygen atoms in total. The number of likely N-dealkylation sites (tertiary alicyclic amines) is 1. The molecule has 0 radical (unpaired) electrons. The van der Waals surface area contributed by atoms with Gasteiger partial charge in [0.05, 0.1) is 13.2 Å². The van der Waals surface area contributed by atoms with Crippen LogP contribution in [0.25, 0.3) is 0 Å². The molecule has 1 aliphatic heterocycles. The maximum atomic E-state index is 9.92. The fraction of sp³-hybridized carbons (Fsp3) is 0.625. The van der Waals surface area contributed by atoms with Gasteiger partial charge >= 0.3 is 0 Å². The van der Waals surface area contributed by atoms with Crippen LogP contribution in [-0.4, -0.2) is 42.9 Å². The highest BCUT2D eigenvalue weighted by Gasteiger charge is 2.41. The van der Waals surface area contributed by atoms with Gasteiger partial charge in [0.2, 0.25) is 0 Å². The van der Waals surface area contributed by atoms with Crippen LogP contribution in [0.4, 0.5) is 0 Å². The predicted octanol–water partition coefficient (Wildman–Crippen LogP) is 1.94. The van der Waals surface area contributed by atoms with E-state index in [2.05, 4.69) is 17.0 Å². The summed E-state index contributed by atoms with van der Waals surface area (Å²) in [5.74, 6) is 2.20. The van der Waals surface area contributed by atoms with E-state index in [4.69, 9.17) is 4.74 Å². The van der Waals surface area contributed by atoms with Gasteiger partial charge in [0.15, 0.2) is 0 Å². The van der Waals surface area contributed by atoms with Crippen molar-refractivity contribution in [3.63, 3.8) is 0 Å². The zero-order chi connectivity index (χ0) is 13.2. The van der Waals surface area contributed by atoms with Gasteiger partial charge in [-0.3, -0.25) is 0 Å². The first kappa shape index (κ1) is 12.9. The van der Waals surface area contributed by atoms with E-state index in [0.29, 0.717) is 5.92 Å². The van der Waals surface area contributed by atoms with Gasteiger partial charge in [-0.25, -0.2) is 0 Å². The molecule has 0 aromatic heterocycles. The van der Waals surface area contributed by atoms with Crippen molar-refractivity contribution in [1.82, 2.24) is 4.90 Å². The van der Waals surface area contributed by atoms with Crippen LogP contribution in [0.15, 0.2) is 24.3 Å². The number of hydrogen-bond donors (Lipinski definition) is 1. The number of fused-ring (bicyclic) bond motifs is 1. The van der Waals surface area contributed by atoms with E-state index in [0.717, 1.165) is 37.6 Å². The van der Waals surface area contributed by atoms with Crippen LogP contribution in [0.1, 0.15) is 18.4 Å². The molecule has 3 heteroatoms. The van der Waals surface area contributed by atoms with E-state index >= 15 is 0 Å². The summed E-state index contributed by atoms with van der Waals surface area (Å²) in [6, 6.07) is 8.34. The number of methoxy groups -OCH3 is 1. The van der Waals surface area contributed by atoms with Gasteiger partial charge in [-0.1, -0.05) is 12.1 Å². The summed E-state index contributed by atoms with van der Waals surface area (Å²) in [5, 5.41) is 9.92. The van der Waals surface area contributed by atoms with Crippen molar-refractivity contribution in [2.75, 3.05) is 26.7 Å². The second kappa shape index (κ2) is 5.51. The zero-order valence-corrected chi connectivity index (χ0v) is 11.6. The van der Waals surface area contributed by atoms with Crippen LogP contribution in [0.5, 0.6) is 5.75 Å². The molecular formula is C16H23NO2. The van der Waals surface area contributed by atoms with E-state index in [9.17, 15) is 5.11 Å². The number of benzene rings is 1. The van der Waals surface area contributed by atoms with Gasteiger partial charge < -0.3 is 14.7 Å². The van der Waals surface area contributed by atoms with Crippen LogP contribution >= 0.6 is 0 Å². The van der Waals surface area contributed by atoms with Crippen LogP contribution in [0, 0.1) is 11.8 Å². The molecule has 3 rings (SSSR count). The van der Waals surface area contributed by atoms with Gasteiger partial charge in [0, 0.05) is 25.6 Å². The molecule has 3 atom stereocenters. The molecule has 1 N–H and O–H groups in total. The molecule has 1 saturated carbocycles. The predicted molar refractivity (Wildman–Crippen MR) is 75.4 cm³/mol. The summed E-state index contributed by atoms with van der Waals surface area (Å²) in [7, 11) is 1.70. The molecule has 1 aliphatic carbocycles. The Morgan fingerprint density at radius 2 is 2.00 bits per heavy atom. The lowest BCUT2D eigenvalue weighted by Gasteiger charge is -2.17. The molecule has 2 aliphatic rings. The molecule has 104 valence electrons. The molecule has 1 aromatic carbocycles. The highest BCUT2D eigenvalue weighted by atomic mass is 16.5. The van der Waals surface area contributed by atoms with Crippen molar-refractivity contribution in [2.24, 2.45) is 11.8 Å². The van der Waals surface area contributed by atoms with Crippen molar-refractivity contribution < 1.29 is 9.84 Å². The summed E-state index contributed by atoms with van der Waals surface area (Å²) >= 11 is 0. The van der Waals surface area contributed by atoms with Crippen molar-refractivity contribution >= 4 is 0 Å². The van der Waals surface area contributed by atoms with Gasteiger partial charge in [-0.2, -0.15) is 0 Å². The molecule has 1 aromatic rings. The second-order valence-corrected chi connectivity index (χ2v) is 5.93. The van der Waals surface area contributed by atoms with Gasteiger partial charge in [0.1, 0.15) is 5.75 Å². The lowest BCUT2D eigenvalue weighted by Crippen LogP contribution is -2.26. The Morgan fingerprint density at radius 1 is 1.21 bits per heavy atom. The third-order valence-electron chi connectivity index (χ3n) is 4.77. The molecule has 2 fully saturated rings. The Hall–Kier alpha value is -1.06. The highest BCUT2D eigenvalue weighted by molar-refractivity contribution is 5.27. The van der Waals surface area contributed by atoms with Crippen molar-refractivity contribution in [3.8, 4) is 5.75 Å². The number of rotatable bonds is 4. The maximum absolute atomic E-state index is 9.92. The third kappa shape index (κ3) is 2.77. The SMILES string of the molecule is COc1ccc(CCN2CC3CCC(O)C3C2)cc1. The molecule has 1 heterocycles. The van der Waals surface area contributed by atoms with E-state index in [1.165, 1.54) is 18.5 Å². The minimum Gasteiger partial charge on any atom is -0.497 e. The first-order chi connectivity index (χ1) is 9.26. The molecule has 0 amide bonds. The van der Waals surface area contributed by atoms with Crippen LogP contribution in [0.2, 0.25) is 0 Å². The third-order valence-corrected chi connectivity index (χ3v) is 4.77. The summed E-state index contributed by atoms with van der Waals surface area (Å²) < 4.78 is 5.17. The summed E-state index contributed by atoms with van der Waals surface area (Å²) in [4.78, 5) is 2.52. The Labute approximate surface area is 115 Å². The lowest BCUT2D eigenvalue weighted by molar-refractivity contribution is 0.124. The molecule has 3 unspecified atom stereocenters. The zero-order valence-electron chi connectivity index (χ0n) is 11.6. The molecule has 1 saturated heterocycles. The summed E-state index contributed by atoms with van der Waals surface area (Å²) in [5.41, 5.74) is 1.36. The number of ether oxygens (including phenoxy) is 1. The minimum absolute atomic E-state index is 0.0454. The number of aliphatic hydroxyl groups is 1. The average molecular weight is 261 g/mol. The fourth-order valence-corrected chi connectivity index (χ4v) is 3.59. The standard InChI is InChI=1S/C16H23NO2/c1-19-14-5-2-12(3-6-14)8-9-17-10-13-4-7-16(18)15(13)11-17/h2-3,5-6,13,15-16,18H,4,7-11H2,1H3. The normalized spacial score (nSPS) is 30.5. The fourth-order valence-electron chi connectivity index (χ4n) is 3.59. The van der Waals surface area contributed by atoms with Gasteiger partial charge in [0.25, 0.3) is 0 Å². The summed E-state index contributed by atoms with van der Waals surface area (Å²) in [6.45, 7) is 3.37. The minimum atomic E-state index is -0.0454. The van der Waals surface area contributed by atoms with Crippen LogP contribution in [-0.2, 0) is 6.42 Å². The molecular weight excluding hydrogens is 238 g/mol. The van der Waals surface area contributed by atoms with Crippen LogP contribution < -0.4 is 4.74 Å². The van der Waals surface area contributed by atoms with E-state index < -0.39 is 0 Å². The van der Waals surface area contributed by atoms with E-state index in [-0.39, 0.29) is 6.10 Å². The Morgan fingerprint density at radius 3 is 2.68 bits per heavy atom. The Kier molecular flexibility index (Phi) is 3.76. The smallest absolute Gasteiger partial charge is 0.118 e. The van der Waals surface area contributed by atoms with E-state index in [1.54, 1.807) is 7.11 Å². The first-order valence-corrected chi connectivity index (χ1v) is 7.29. The van der Waals surface area contributed by atoms with Crippen molar-refractivity contribution in [1.29, 1.82) is 0 Å². The van der Waals surface area contributed by atoms with Gasteiger partial charge in [-0.05, 0) is 42.9 Å². The van der Waals surface area contributed by atoms with Crippen molar-refractivity contribution in [2.45, 2.75) is 25.4 Å². The lowest BCUT2D eigenvalue weighted by atomic mass is 10.00. The largest absolute Gasteiger partial charge is 0.497 e. The molecule has 0 spiro atoms. The first-order valence-electron chi connectivity index (χ1n) is 7.29. The molecule has 19 heavy (non-hydrogen) atoms. The molecule has 0 bridgehead atoms. The second-order valence-electron chi connectivity index (χ2n) is 5.93. The van der Waals surface area contributed by atoms with Crippen molar-refractivity contribution in [3.05, 3.63) is 29.8 Å². The highest BCUT2D eigenvalue weighted by Crippen LogP contribution is 2.37. The average Bonchev–Trinajstić information content (AvgIpc) is 2.99. The Balaban J connectivity index is 1.50. The number of nitrogens with zero attached hydrogens (tertiary/aromatic N) is 1.